The van der Waals surface area contributed by atoms with Gasteiger partial charge in [-0.15, -0.1) is 0 Å². The molecule has 3 N–H and O–H groups in total. The van der Waals surface area contributed by atoms with Gasteiger partial charge >= 0.3 is 0 Å². The molecule has 35 heavy (non-hydrogen) atoms. The summed E-state index contributed by atoms with van der Waals surface area (Å²) in [6.45, 7) is 1.48. The molecule has 1 aliphatic rings. The van der Waals surface area contributed by atoms with Crippen LogP contribution < -0.4 is 15.8 Å². The minimum Gasteiger partial charge on any atom is -0.496 e. The van der Waals surface area contributed by atoms with Gasteiger partial charge in [-0.05, 0) is 36.6 Å². The van der Waals surface area contributed by atoms with E-state index in [1.807, 2.05) is 34.9 Å². The lowest BCUT2D eigenvalue weighted by atomic mass is 10.0. The van der Waals surface area contributed by atoms with Crippen molar-refractivity contribution in [1.82, 2.24) is 19.7 Å². The molecule has 0 saturated carbocycles. The summed E-state index contributed by atoms with van der Waals surface area (Å²) in [6, 6.07) is 10.5. The molecule has 2 aromatic heterocycles. The van der Waals surface area contributed by atoms with Crippen molar-refractivity contribution in [2.75, 3.05) is 26.0 Å². The Kier molecular flexibility index (Phi) is 5.37. The minimum absolute atomic E-state index is 0.126. The van der Waals surface area contributed by atoms with Crippen LogP contribution in [0.2, 0.25) is 0 Å². The lowest BCUT2D eigenvalue weighted by molar-refractivity contribution is 0.0779. The van der Waals surface area contributed by atoms with Crippen LogP contribution >= 0.6 is 0 Å². The topological polar surface area (TPSA) is 104 Å². The van der Waals surface area contributed by atoms with Crippen LogP contribution in [0.4, 0.5) is 10.2 Å². The summed E-state index contributed by atoms with van der Waals surface area (Å²) < 4.78 is 48.1. The van der Waals surface area contributed by atoms with E-state index < -0.39 is 18.8 Å². The molecule has 5 rings (SSSR count). The molecule has 4 aromatic rings. The summed E-state index contributed by atoms with van der Waals surface area (Å²) in [5.74, 6) is -0.159. The van der Waals surface area contributed by atoms with Crippen molar-refractivity contribution in [3.63, 3.8) is 0 Å². The molecule has 1 unspecified atom stereocenters. The number of halogens is 1. The monoisotopic (exact) mass is 478 g/mol. The van der Waals surface area contributed by atoms with Crippen LogP contribution in [-0.2, 0) is 11.3 Å². The normalized spacial score (nSPS) is 17.4. The molecule has 2 aromatic carbocycles. The average Bonchev–Trinajstić information content (AvgIpc) is 3.29. The Labute approximate surface area is 206 Å². The maximum absolute atomic E-state index is 13.8. The van der Waals surface area contributed by atoms with Gasteiger partial charge < -0.3 is 20.5 Å². The molecule has 1 aliphatic heterocycles. The number of imidazole rings is 1. The zero-order chi connectivity index (χ0) is 26.9. The number of aromatic nitrogens is 3. The van der Waals surface area contributed by atoms with Gasteiger partial charge in [0.15, 0.2) is 0 Å². The minimum atomic E-state index is -2.78. The number of hydrogen-bond donors (Lipinski definition) is 2. The van der Waals surface area contributed by atoms with E-state index >= 15 is 0 Å². The van der Waals surface area contributed by atoms with E-state index in [0.717, 1.165) is 60.1 Å². The highest BCUT2D eigenvalue weighted by atomic mass is 19.1. The number of hydrogen-bond acceptors (Lipinski definition) is 6. The zero-order valence-electron chi connectivity index (χ0n) is 21.8. The molecule has 9 heteroatoms. The van der Waals surface area contributed by atoms with Crippen molar-refractivity contribution < 1.29 is 22.8 Å². The molecule has 1 amide bonds. The predicted octanol–water partition coefficient (Wildman–Crippen LogP) is 3.95. The highest BCUT2D eigenvalue weighted by molar-refractivity contribution is 5.97. The standard InChI is InChI=1S/C26H26FN5O3/c1-34-21-9-8-19(27)13-20(21)26(33)30-14-16-4-6-17(7-5-16)22-23-24(28)29-10-11-32(23)25(31-22)18-3-2-12-35-15-18/h4-11,13,18H,2-3,12,14-15H2,1H3,(H2,28,29)(H,30,33)/i1D3. The van der Waals surface area contributed by atoms with E-state index in [1.165, 1.54) is 0 Å². The maximum atomic E-state index is 13.8. The van der Waals surface area contributed by atoms with Crippen LogP contribution in [0.25, 0.3) is 16.8 Å². The number of carbonyl (C=O) groups is 1. The van der Waals surface area contributed by atoms with Crippen LogP contribution in [-0.4, -0.2) is 40.5 Å². The van der Waals surface area contributed by atoms with Crippen molar-refractivity contribution in [2.24, 2.45) is 0 Å². The van der Waals surface area contributed by atoms with Crippen LogP contribution in [0, 0.1) is 5.82 Å². The second-order valence-electron chi connectivity index (χ2n) is 8.39. The van der Waals surface area contributed by atoms with Crippen molar-refractivity contribution in [3.8, 4) is 17.0 Å². The third kappa shape index (κ3) is 4.54. The van der Waals surface area contributed by atoms with Gasteiger partial charge in [-0.25, -0.2) is 14.4 Å². The molecule has 1 fully saturated rings. The lowest BCUT2D eigenvalue weighted by Crippen LogP contribution is -2.23. The number of nitrogen functional groups attached to an aromatic ring is 1. The summed E-state index contributed by atoms with van der Waals surface area (Å²) in [5.41, 5.74) is 9.07. The summed E-state index contributed by atoms with van der Waals surface area (Å²) in [4.78, 5) is 21.9. The number of amides is 1. The van der Waals surface area contributed by atoms with Gasteiger partial charge in [0.2, 0.25) is 0 Å². The molecular weight excluding hydrogens is 449 g/mol. The molecule has 0 bridgehead atoms. The summed E-state index contributed by atoms with van der Waals surface area (Å²) >= 11 is 0. The van der Waals surface area contributed by atoms with Crippen molar-refractivity contribution in [2.45, 2.75) is 25.3 Å². The van der Waals surface area contributed by atoms with E-state index in [1.54, 1.807) is 6.20 Å². The first-order valence-electron chi connectivity index (χ1n) is 12.8. The molecule has 8 nitrogen and oxygen atoms in total. The number of rotatable bonds is 6. The van der Waals surface area contributed by atoms with Crippen molar-refractivity contribution >= 4 is 17.2 Å². The number of benzene rings is 2. The van der Waals surface area contributed by atoms with Gasteiger partial charge in [0.05, 0.1) is 23.3 Å². The van der Waals surface area contributed by atoms with Crippen LogP contribution in [0.3, 0.4) is 0 Å². The van der Waals surface area contributed by atoms with Crippen molar-refractivity contribution in [3.05, 3.63) is 77.6 Å². The summed E-state index contributed by atoms with van der Waals surface area (Å²) in [6.07, 6.45) is 5.45. The van der Waals surface area contributed by atoms with Crippen LogP contribution in [0.1, 0.15) is 44.6 Å². The Bertz CT molecular complexity index is 1470. The fourth-order valence-electron chi connectivity index (χ4n) is 4.35. The second-order valence-corrected chi connectivity index (χ2v) is 8.39. The average molecular weight is 479 g/mol. The number of anilines is 1. The number of carbonyl (C=O) groups excluding carboxylic acids is 1. The number of nitrogens with zero attached hydrogens (tertiary/aromatic N) is 3. The maximum Gasteiger partial charge on any atom is 0.255 e. The number of methoxy groups -OCH3 is 1. The van der Waals surface area contributed by atoms with E-state index in [0.29, 0.717) is 18.1 Å². The first-order valence-corrected chi connectivity index (χ1v) is 11.3. The Morgan fingerprint density at radius 2 is 2.20 bits per heavy atom. The third-order valence-electron chi connectivity index (χ3n) is 6.11. The number of ether oxygens (including phenoxy) is 2. The Morgan fingerprint density at radius 1 is 1.34 bits per heavy atom. The molecule has 0 radical (unpaired) electrons. The molecule has 180 valence electrons. The molecule has 1 saturated heterocycles. The largest absolute Gasteiger partial charge is 0.496 e. The highest BCUT2D eigenvalue weighted by Crippen LogP contribution is 2.33. The fourth-order valence-corrected chi connectivity index (χ4v) is 4.35. The quantitative estimate of drug-likeness (QED) is 0.435. The van der Waals surface area contributed by atoms with Gasteiger partial charge in [-0.1, -0.05) is 24.3 Å². The van der Waals surface area contributed by atoms with Gasteiger partial charge in [0.25, 0.3) is 5.91 Å². The molecule has 1 atom stereocenters. The van der Waals surface area contributed by atoms with Gasteiger partial charge in [-0.3, -0.25) is 9.20 Å². The first kappa shape index (κ1) is 19.3. The number of nitrogens with two attached hydrogens (primary N) is 1. The number of nitrogens with one attached hydrogen (secondary N) is 1. The van der Waals surface area contributed by atoms with Crippen LogP contribution in [0.15, 0.2) is 54.9 Å². The van der Waals surface area contributed by atoms with Gasteiger partial charge in [0, 0.05) is 37.0 Å². The van der Waals surface area contributed by atoms with Gasteiger partial charge in [-0.2, -0.15) is 0 Å². The smallest absolute Gasteiger partial charge is 0.255 e. The highest BCUT2D eigenvalue weighted by Gasteiger charge is 2.24. The number of fused-ring (bicyclic) bond motifs is 1. The van der Waals surface area contributed by atoms with Gasteiger partial charge in [0.1, 0.15) is 34.4 Å². The summed E-state index contributed by atoms with van der Waals surface area (Å²) in [7, 11) is -2.78. The molecule has 0 spiro atoms. The Hall–Kier alpha value is -3.98. The van der Waals surface area contributed by atoms with Crippen LogP contribution in [0.5, 0.6) is 5.75 Å². The fraction of sp³-hybridized carbons (Fsp3) is 0.269. The van der Waals surface area contributed by atoms with E-state index in [9.17, 15) is 9.18 Å². The molecular formula is C26H26FN5O3. The Morgan fingerprint density at radius 3 is 2.97 bits per heavy atom. The van der Waals surface area contributed by atoms with Crippen molar-refractivity contribution in [1.29, 1.82) is 0 Å². The first-order chi connectivity index (χ1) is 18.2. The SMILES string of the molecule is [2H]C([2H])([2H])Oc1ccc(F)cc1C(=O)NCc1ccc(-c2nc(C3CCCOC3)n3ccnc(N)c23)cc1. The van der Waals surface area contributed by atoms with E-state index in [-0.39, 0.29) is 23.8 Å². The molecule has 3 heterocycles. The zero-order valence-corrected chi connectivity index (χ0v) is 18.8. The summed E-state index contributed by atoms with van der Waals surface area (Å²) in [5, 5.41) is 2.68. The lowest BCUT2D eigenvalue weighted by Gasteiger charge is -2.20. The second kappa shape index (κ2) is 9.71. The third-order valence-corrected chi connectivity index (χ3v) is 6.11. The predicted molar refractivity (Wildman–Crippen MR) is 130 cm³/mol. The van der Waals surface area contributed by atoms with E-state index in [4.69, 9.17) is 24.3 Å². The van der Waals surface area contributed by atoms with E-state index in [2.05, 4.69) is 10.3 Å². The Balaban J connectivity index is 1.36. The molecule has 0 aliphatic carbocycles.